The topological polar surface area (TPSA) is 62.3 Å². The molecule has 0 aromatic heterocycles. The molecule has 2 aromatic carbocycles. The lowest BCUT2D eigenvalue weighted by Crippen LogP contribution is -2.41. The first kappa shape index (κ1) is 20.2. The third kappa shape index (κ3) is 4.57. The van der Waals surface area contributed by atoms with E-state index in [1.54, 1.807) is 16.8 Å². The molecule has 0 N–H and O–H groups in total. The largest absolute Gasteiger partial charge is 0.482 e. The molecule has 0 atom stereocenters. The molecule has 0 spiro atoms. The fourth-order valence-electron chi connectivity index (χ4n) is 3.79. The quantitative estimate of drug-likeness (QED) is 0.733. The van der Waals surface area contributed by atoms with Gasteiger partial charge in [-0.1, -0.05) is 24.3 Å². The lowest BCUT2D eigenvalue weighted by Gasteiger charge is -2.30. The van der Waals surface area contributed by atoms with Gasteiger partial charge in [-0.3, -0.25) is 9.59 Å². The zero-order valence-electron chi connectivity index (χ0n) is 17.3. The normalized spacial score (nSPS) is 16.1. The molecule has 2 aliphatic heterocycles. The molecule has 0 unspecified atom stereocenters. The molecular weight excluding hydrogens is 382 g/mol. The van der Waals surface area contributed by atoms with Crippen LogP contribution in [0.5, 0.6) is 5.75 Å². The average molecular weight is 409 g/mol. The standard InChI is InChI=1S/C23H27N3O4/c1-24(16-18-6-8-19(9-7-18)25-12-14-29-15-13-25)22(27)10-11-26-20-4-2-3-5-21(20)30-17-23(26)28/h2-9H,10-17H2,1H3. The number of nitrogens with zero attached hydrogens (tertiary/aromatic N) is 3. The van der Waals surface area contributed by atoms with E-state index in [-0.39, 0.29) is 24.8 Å². The number of hydrogen-bond acceptors (Lipinski definition) is 5. The molecule has 0 saturated carbocycles. The highest BCUT2D eigenvalue weighted by Gasteiger charge is 2.25. The van der Waals surface area contributed by atoms with Crippen molar-refractivity contribution in [3.8, 4) is 5.75 Å². The van der Waals surface area contributed by atoms with Crippen LogP contribution in [0.15, 0.2) is 48.5 Å². The second-order valence-electron chi connectivity index (χ2n) is 7.57. The van der Waals surface area contributed by atoms with Crippen molar-refractivity contribution >= 4 is 23.2 Å². The van der Waals surface area contributed by atoms with E-state index < -0.39 is 0 Å². The van der Waals surface area contributed by atoms with Crippen molar-refractivity contribution < 1.29 is 19.1 Å². The van der Waals surface area contributed by atoms with Crippen molar-refractivity contribution in [1.82, 2.24) is 4.90 Å². The van der Waals surface area contributed by atoms with Crippen LogP contribution in [0.3, 0.4) is 0 Å². The van der Waals surface area contributed by atoms with Crippen LogP contribution in [0, 0.1) is 0 Å². The first-order valence-electron chi connectivity index (χ1n) is 10.3. The van der Waals surface area contributed by atoms with Crippen molar-refractivity contribution in [2.24, 2.45) is 0 Å². The molecule has 30 heavy (non-hydrogen) atoms. The van der Waals surface area contributed by atoms with E-state index in [0.717, 1.165) is 37.6 Å². The van der Waals surface area contributed by atoms with Gasteiger partial charge in [-0.2, -0.15) is 0 Å². The van der Waals surface area contributed by atoms with Crippen molar-refractivity contribution in [1.29, 1.82) is 0 Å². The molecule has 1 fully saturated rings. The highest BCUT2D eigenvalue weighted by atomic mass is 16.5. The molecule has 2 amide bonds. The third-order valence-corrected chi connectivity index (χ3v) is 5.52. The van der Waals surface area contributed by atoms with E-state index >= 15 is 0 Å². The number of fused-ring (bicyclic) bond motifs is 1. The zero-order chi connectivity index (χ0) is 20.9. The van der Waals surface area contributed by atoms with E-state index in [2.05, 4.69) is 29.2 Å². The Bertz CT molecular complexity index is 894. The Kier molecular flexibility index (Phi) is 6.18. The fourth-order valence-corrected chi connectivity index (χ4v) is 3.79. The summed E-state index contributed by atoms with van der Waals surface area (Å²) >= 11 is 0. The molecule has 0 radical (unpaired) electrons. The number of rotatable bonds is 6. The molecule has 4 rings (SSSR count). The summed E-state index contributed by atoms with van der Waals surface area (Å²) in [5.41, 5.74) is 2.99. The number of hydrogen-bond donors (Lipinski definition) is 0. The molecule has 2 aliphatic rings. The summed E-state index contributed by atoms with van der Waals surface area (Å²) in [5, 5.41) is 0. The van der Waals surface area contributed by atoms with Gasteiger partial charge in [0.2, 0.25) is 5.91 Å². The highest BCUT2D eigenvalue weighted by Crippen LogP contribution is 2.31. The molecule has 0 aliphatic carbocycles. The number of carbonyl (C=O) groups is 2. The Labute approximate surface area is 176 Å². The van der Waals surface area contributed by atoms with Gasteiger partial charge in [-0.15, -0.1) is 0 Å². The second-order valence-corrected chi connectivity index (χ2v) is 7.57. The number of carbonyl (C=O) groups excluding carboxylic acids is 2. The summed E-state index contributed by atoms with van der Waals surface area (Å²) in [5.74, 6) is 0.560. The summed E-state index contributed by atoms with van der Waals surface area (Å²) in [6.07, 6.45) is 0.266. The maximum atomic E-state index is 12.7. The maximum Gasteiger partial charge on any atom is 0.265 e. The Morgan fingerprint density at radius 3 is 2.57 bits per heavy atom. The molecular formula is C23H27N3O4. The van der Waals surface area contributed by atoms with Crippen LogP contribution in [0.1, 0.15) is 12.0 Å². The zero-order valence-corrected chi connectivity index (χ0v) is 17.3. The molecule has 2 aromatic rings. The average Bonchev–Trinajstić information content (AvgIpc) is 2.79. The summed E-state index contributed by atoms with van der Waals surface area (Å²) in [7, 11) is 1.80. The van der Waals surface area contributed by atoms with E-state index in [1.807, 2.05) is 24.3 Å². The minimum Gasteiger partial charge on any atom is -0.482 e. The van der Waals surface area contributed by atoms with E-state index in [0.29, 0.717) is 18.8 Å². The number of ether oxygens (including phenoxy) is 2. The Hall–Kier alpha value is -3.06. The van der Waals surface area contributed by atoms with Gasteiger partial charge in [0.15, 0.2) is 6.61 Å². The smallest absolute Gasteiger partial charge is 0.265 e. The number of benzene rings is 2. The van der Waals surface area contributed by atoms with E-state index in [9.17, 15) is 9.59 Å². The third-order valence-electron chi connectivity index (χ3n) is 5.52. The predicted octanol–water partition coefficient (Wildman–Crippen LogP) is 2.30. The van der Waals surface area contributed by atoms with Crippen LogP contribution in [-0.4, -0.2) is 63.2 Å². The maximum absolute atomic E-state index is 12.7. The Morgan fingerprint density at radius 1 is 1.07 bits per heavy atom. The lowest BCUT2D eigenvalue weighted by molar-refractivity contribution is -0.130. The van der Waals surface area contributed by atoms with Gasteiger partial charge >= 0.3 is 0 Å². The van der Waals surface area contributed by atoms with Gasteiger partial charge in [0.1, 0.15) is 5.75 Å². The summed E-state index contributed by atoms with van der Waals surface area (Å²) in [6.45, 7) is 4.22. The van der Waals surface area contributed by atoms with Crippen molar-refractivity contribution in [2.45, 2.75) is 13.0 Å². The molecule has 1 saturated heterocycles. The SMILES string of the molecule is CN(Cc1ccc(N2CCOCC2)cc1)C(=O)CCN1C(=O)COc2ccccc21. The first-order chi connectivity index (χ1) is 14.6. The number of para-hydroxylation sites is 2. The van der Waals surface area contributed by atoms with E-state index in [1.165, 1.54) is 5.69 Å². The van der Waals surface area contributed by atoms with Gasteiger partial charge < -0.3 is 24.2 Å². The first-order valence-corrected chi connectivity index (χ1v) is 10.3. The molecule has 2 heterocycles. The molecule has 7 heteroatoms. The minimum atomic E-state index is -0.122. The monoisotopic (exact) mass is 409 g/mol. The molecule has 158 valence electrons. The van der Waals surface area contributed by atoms with Gasteiger partial charge in [0.25, 0.3) is 5.91 Å². The fraction of sp³-hybridized carbons (Fsp3) is 0.391. The number of anilines is 2. The summed E-state index contributed by atoms with van der Waals surface area (Å²) in [6, 6.07) is 15.7. The van der Waals surface area contributed by atoms with E-state index in [4.69, 9.17) is 9.47 Å². The van der Waals surface area contributed by atoms with Gasteiger partial charge in [0, 0.05) is 45.3 Å². The number of amides is 2. The van der Waals surface area contributed by atoms with Gasteiger partial charge in [-0.05, 0) is 29.8 Å². The van der Waals surface area contributed by atoms with Gasteiger partial charge in [0.05, 0.1) is 18.9 Å². The van der Waals surface area contributed by atoms with Crippen molar-refractivity contribution in [3.05, 3.63) is 54.1 Å². The van der Waals surface area contributed by atoms with Crippen LogP contribution in [0.25, 0.3) is 0 Å². The van der Waals surface area contributed by atoms with Crippen molar-refractivity contribution in [2.75, 3.05) is 56.3 Å². The highest BCUT2D eigenvalue weighted by molar-refractivity contribution is 5.98. The van der Waals surface area contributed by atoms with Crippen LogP contribution in [0.2, 0.25) is 0 Å². The number of morpholine rings is 1. The summed E-state index contributed by atoms with van der Waals surface area (Å²) in [4.78, 5) is 30.6. The van der Waals surface area contributed by atoms with Crippen molar-refractivity contribution in [3.63, 3.8) is 0 Å². The lowest BCUT2D eigenvalue weighted by atomic mass is 10.1. The van der Waals surface area contributed by atoms with Crippen LogP contribution in [-0.2, 0) is 20.9 Å². The van der Waals surface area contributed by atoms with Crippen LogP contribution < -0.4 is 14.5 Å². The Morgan fingerprint density at radius 2 is 1.80 bits per heavy atom. The summed E-state index contributed by atoms with van der Waals surface area (Å²) < 4.78 is 10.9. The molecule has 0 bridgehead atoms. The van der Waals surface area contributed by atoms with Crippen LogP contribution >= 0.6 is 0 Å². The minimum absolute atomic E-state index is 0.00373. The molecule has 7 nitrogen and oxygen atoms in total. The van der Waals surface area contributed by atoms with Gasteiger partial charge in [-0.25, -0.2) is 0 Å². The second kappa shape index (κ2) is 9.17. The Balaban J connectivity index is 1.31. The van der Waals surface area contributed by atoms with Crippen LogP contribution in [0.4, 0.5) is 11.4 Å². The predicted molar refractivity (Wildman–Crippen MR) is 115 cm³/mol.